The largest absolute Gasteiger partial charge is 0.336 e. The van der Waals surface area contributed by atoms with E-state index in [1.54, 1.807) is 0 Å². The van der Waals surface area contributed by atoms with Gasteiger partial charge in [-0.3, -0.25) is 5.43 Å². The molecular weight excluding hydrogens is 142 g/mol. The Bertz CT molecular complexity index is 162. The molecule has 0 spiro atoms. The molecular formula is C7H15N3O. The standard InChI is InChI=1S/C7H15N3O/c1-7(2,3)10-5-4-8-6(11)9-10/h4-5H2,1-3H3,(H2,8,9,11). The van der Waals surface area contributed by atoms with Crippen molar-refractivity contribution in [2.24, 2.45) is 0 Å². The molecule has 1 heterocycles. The number of rotatable bonds is 0. The van der Waals surface area contributed by atoms with Gasteiger partial charge in [-0.15, -0.1) is 0 Å². The van der Waals surface area contributed by atoms with Gasteiger partial charge in [0.15, 0.2) is 0 Å². The van der Waals surface area contributed by atoms with Crippen LogP contribution < -0.4 is 10.7 Å². The molecule has 0 aliphatic carbocycles. The maximum Gasteiger partial charge on any atom is 0.329 e. The summed E-state index contributed by atoms with van der Waals surface area (Å²) in [5.74, 6) is 0. The molecule has 0 atom stereocenters. The van der Waals surface area contributed by atoms with Gasteiger partial charge < -0.3 is 5.32 Å². The number of urea groups is 1. The Morgan fingerprint density at radius 2 is 2.09 bits per heavy atom. The summed E-state index contributed by atoms with van der Waals surface area (Å²) < 4.78 is 0. The van der Waals surface area contributed by atoms with Crippen molar-refractivity contribution < 1.29 is 4.79 Å². The van der Waals surface area contributed by atoms with E-state index in [4.69, 9.17) is 0 Å². The van der Waals surface area contributed by atoms with Crippen molar-refractivity contribution in [3.8, 4) is 0 Å². The average molecular weight is 157 g/mol. The lowest BCUT2D eigenvalue weighted by Gasteiger charge is -2.38. The molecule has 0 bridgehead atoms. The molecule has 1 rings (SSSR count). The van der Waals surface area contributed by atoms with Crippen molar-refractivity contribution >= 4 is 6.03 Å². The highest BCUT2D eigenvalue weighted by Gasteiger charge is 2.25. The minimum atomic E-state index is -0.105. The summed E-state index contributed by atoms with van der Waals surface area (Å²) >= 11 is 0. The van der Waals surface area contributed by atoms with E-state index in [-0.39, 0.29) is 11.6 Å². The molecule has 0 aromatic carbocycles. The smallest absolute Gasteiger partial charge is 0.329 e. The van der Waals surface area contributed by atoms with Gasteiger partial charge in [0.2, 0.25) is 0 Å². The first-order chi connectivity index (χ1) is 5.00. The van der Waals surface area contributed by atoms with Crippen LogP contribution >= 0.6 is 0 Å². The van der Waals surface area contributed by atoms with Crippen LogP contribution in [0.1, 0.15) is 20.8 Å². The Labute approximate surface area is 66.9 Å². The lowest BCUT2D eigenvalue weighted by atomic mass is 10.1. The van der Waals surface area contributed by atoms with Crippen LogP contribution in [0.3, 0.4) is 0 Å². The number of amides is 2. The van der Waals surface area contributed by atoms with Crippen LogP contribution in [0, 0.1) is 0 Å². The molecule has 0 saturated carbocycles. The van der Waals surface area contributed by atoms with Crippen LogP contribution in [0.15, 0.2) is 0 Å². The summed E-state index contributed by atoms with van der Waals surface area (Å²) in [6.07, 6.45) is 0. The molecule has 2 N–H and O–H groups in total. The second kappa shape index (κ2) is 2.70. The fourth-order valence-electron chi connectivity index (χ4n) is 1.00. The third-order valence-corrected chi connectivity index (χ3v) is 1.67. The zero-order valence-electron chi connectivity index (χ0n) is 7.27. The van der Waals surface area contributed by atoms with Gasteiger partial charge in [0, 0.05) is 18.6 Å². The normalized spacial score (nSPS) is 20.8. The Kier molecular flexibility index (Phi) is 2.04. The van der Waals surface area contributed by atoms with Crippen LogP contribution in [-0.4, -0.2) is 29.7 Å². The fourth-order valence-corrected chi connectivity index (χ4v) is 1.00. The van der Waals surface area contributed by atoms with E-state index in [0.29, 0.717) is 0 Å². The van der Waals surface area contributed by atoms with E-state index in [2.05, 4.69) is 31.5 Å². The molecule has 0 aromatic heterocycles. The first-order valence-corrected chi connectivity index (χ1v) is 3.82. The minimum absolute atomic E-state index is 0.0117. The van der Waals surface area contributed by atoms with Gasteiger partial charge in [0.25, 0.3) is 0 Å². The van der Waals surface area contributed by atoms with Gasteiger partial charge >= 0.3 is 6.03 Å². The van der Waals surface area contributed by atoms with Crippen molar-refractivity contribution in [2.75, 3.05) is 13.1 Å². The van der Waals surface area contributed by atoms with Crippen molar-refractivity contribution in [3.63, 3.8) is 0 Å². The molecule has 64 valence electrons. The van der Waals surface area contributed by atoms with Crippen LogP contribution in [0.5, 0.6) is 0 Å². The molecule has 0 aromatic rings. The zero-order chi connectivity index (χ0) is 8.48. The fraction of sp³-hybridized carbons (Fsp3) is 0.857. The number of hydrogen-bond donors (Lipinski definition) is 2. The van der Waals surface area contributed by atoms with E-state index in [9.17, 15) is 4.79 Å². The van der Waals surface area contributed by atoms with E-state index in [1.807, 2.05) is 5.01 Å². The Hall–Kier alpha value is -0.770. The summed E-state index contributed by atoms with van der Waals surface area (Å²) in [6.45, 7) is 7.79. The highest BCUT2D eigenvalue weighted by Crippen LogP contribution is 2.10. The number of hydrogen-bond acceptors (Lipinski definition) is 2. The number of nitrogens with zero attached hydrogens (tertiary/aromatic N) is 1. The van der Waals surface area contributed by atoms with Gasteiger partial charge in [-0.2, -0.15) is 0 Å². The molecule has 0 unspecified atom stereocenters. The predicted octanol–water partition coefficient (Wildman–Crippen LogP) is 0.315. The van der Waals surface area contributed by atoms with Crippen molar-refractivity contribution in [2.45, 2.75) is 26.3 Å². The highest BCUT2D eigenvalue weighted by molar-refractivity contribution is 5.73. The molecule has 2 amide bonds. The van der Waals surface area contributed by atoms with E-state index in [0.717, 1.165) is 13.1 Å². The Balaban J connectivity index is 2.53. The Morgan fingerprint density at radius 3 is 2.45 bits per heavy atom. The van der Waals surface area contributed by atoms with E-state index in [1.165, 1.54) is 0 Å². The second-order valence-corrected chi connectivity index (χ2v) is 3.69. The quantitative estimate of drug-likeness (QED) is 0.531. The lowest BCUT2D eigenvalue weighted by molar-refractivity contribution is 0.0718. The molecule has 1 aliphatic heterocycles. The first-order valence-electron chi connectivity index (χ1n) is 3.82. The maximum atomic E-state index is 10.9. The number of nitrogens with one attached hydrogen (secondary N) is 2. The van der Waals surface area contributed by atoms with Crippen molar-refractivity contribution in [1.82, 2.24) is 15.8 Å². The topological polar surface area (TPSA) is 44.4 Å². The summed E-state index contributed by atoms with van der Waals surface area (Å²) in [5.41, 5.74) is 2.75. The Morgan fingerprint density at radius 1 is 1.45 bits per heavy atom. The first kappa shape index (κ1) is 8.33. The van der Waals surface area contributed by atoms with Gasteiger partial charge in [-0.25, -0.2) is 9.80 Å². The summed E-state index contributed by atoms with van der Waals surface area (Å²) in [7, 11) is 0. The SMILES string of the molecule is CC(C)(C)N1CCNC(=O)N1. The van der Waals surface area contributed by atoms with Crippen LogP contribution in [0.4, 0.5) is 4.79 Å². The van der Waals surface area contributed by atoms with Crippen LogP contribution in [0.25, 0.3) is 0 Å². The van der Waals surface area contributed by atoms with Gasteiger partial charge in [0.05, 0.1) is 0 Å². The molecule has 4 nitrogen and oxygen atoms in total. The second-order valence-electron chi connectivity index (χ2n) is 3.69. The molecule has 11 heavy (non-hydrogen) atoms. The van der Waals surface area contributed by atoms with Crippen molar-refractivity contribution in [3.05, 3.63) is 0 Å². The third-order valence-electron chi connectivity index (χ3n) is 1.67. The van der Waals surface area contributed by atoms with E-state index < -0.39 is 0 Å². The molecule has 4 heteroatoms. The maximum absolute atomic E-state index is 10.9. The average Bonchev–Trinajstić information content (AvgIpc) is 1.86. The molecule has 1 aliphatic rings. The molecule has 0 radical (unpaired) electrons. The summed E-state index contributed by atoms with van der Waals surface area (Å²) in [4.78, 5) is 10.9. The zero-order valence-corrected chi connectivity index (χ0v) is 7.27. The monoisotopic (exact) mass is 157 g/mol. The van der Waals surface area contributed by atoms with Gasteiger partial charge in [0.1, 0.15) is 0 Å². The van der Waals surface area contributed by atoms with Crippen LogP contribution in [0.2, 0.25) is 0 Å². The van der Waals surface area contributed by atoms with E-state index >= 15 is 0 Å². The molecule has 1 saturated heterocycles. The van der Waals surface area contributed by atoms with Crippen LogP contribution in [-0.2, 0) is 0 Å². The molecule has 1 fully saturated rings. The lowest BCUT2D eigenvalue weighted by Crippen LogP contribution is -2.61. The number of carbonyl (C=O) groups excluding carboxylic acids is 1. The summed E-state index contributed by atoms with van der Waals surface area (Å²) in [5, 5.41) is 4.63. The van der Waals surface area contributed by atoms with Gasteiger partial charge in [-0.1, -0.05) is 0 Å². The highest BCUT2D eigenvalue weighted by atomic mass is 16.2. The third kappa shape index (κ3) is 2.08. The predicted molar refractivity (Wildman–Crippen MR) is 43.0 cm³/mol. The minimum Gasteiger partial charge on any atom is -0.336 e. The van der Waals surface area contributed by atoms with Crippen molar-refractivity contribution in [1.29, 1.82) is 0 Å². The summed E-state index contributed by atoms with van der Waals surface area (Å²) in [6, 6.07) is -0.105. The number of carbonyl (C=O) groups is 1. The number of hydrazine groups is 1. The van der Waals surface area contributed by atoms with Gasteiger partial charge in [-0.05, 0) is 20.8 Å².